The van der Waals surface area contributed by atoms with Crippen LogP contribution in [0.25, 0.3) is 0 Å². The van der Waals surface area contributed by atoms with Gasteiger partial charge in [0.1, 0.15) is 5.54 Å². The Balaban J connectivity index is 2.88. The molecule has 10 heavy (non-hydrogen) atoms. The van der Waals surface area contributed by atoms with E-state index < -0.39 is 0 Å². The van der Waals surface area contributed by atoms with Gasteiger partial charge in [0.25, 0.3) is 0 Å². The lowest BCUT2D eigenvalue weighted by Gasteiger charge is -2.07. The molecule has 1 rings (SSSR count). The van der Waals surface area contributed by atoms with Crippen LogP contribution in [0.1, 0.15) is 20.8 Å². The third kappa shape index (κ3) is 1.72. The smallest absolute Gasteiger partial charge is 0.169 e. The molecule has 0 aromatic rings. The molecular weight excluding hydrogens is 128 g/mol. The van der Waals surface area contributed by atoms with Gasteiger partial charge in [0.15, 0.2) is 5.84 Å². The molecule has 0 aliphatic carbocycles. The van der Waals surface area contributed by atoms with E-state index in [4.69, 9.17) is 0 Å². The van der Waals surface area contributed by atoms with Crippen molar-refractivity contribution >= 4 is 12.1 Å². The van der Waals surface area contributed by atoms with Crippen molar-refractivity contribution in [1.82, 2.24) is 0 Å². The monoisotopic (exact) mass is 138 g/mol. The molecule has 0 amide bonds. The fraction of sp³-hybridized carbons (Fsp3) is 0.667. The van der Waals surface area contributed by atoms with Gasteiger partial charge in [-0.15, -0.1) is 10.2 Å². The van der Waals surface area contributed by atoms with Crippen LogP contribution in [0.3, 0.4) is 0 Å². The molecule has 54 valence electrons. The van der Waals surface area contributed by atoms with Gasteiger partial charge in [-0.3, -0.25) is 0 Å². The minimum Gasteiger partial charge on any atom is -0.175 e. The van der Waals surface area contributed by atoms with Crippen LogP contribution in [0.4, 0.5) is 0 Å². The van der Waals surface area contributed by atoms with E-state index >= 15 is 0 Å². The summed E-state index contributed by atoms with van der Waals surface area (Å²) in [5.41, 5.74) is -0.304. The Kier molecular flexibility index (Phi) is 1.61. The molecular formula is C6H10N4. The molecule has 1 heterocycles. The van der Waals surface area contributed by atoms with Crippen molar-refractivity contribution in [2.24, 2.45) is 20.4 Å². The molecule has 0 fully saturated rings. The maximum absolute atomic E-state index is 3.98. The van der Waals surface area contributed by atoms with Crippen molar-refractivity contribution in [3.05, 3.63) is 0 Å². The Labute approximate surface area is 59.8 Å². The summed E-state index contributed by atoms with van der Waals surface area (Å²) < 4.78 is 0. The number of hydrogen-bond acceptors (Lipinski definition) is 4. The molecule has 0 N–H and O–H groups in total. The van der Waals surface area contributed by atoms with Gasteiger partial charge < -0.3 is 0 Å². The standard InChI is InChI=1S/C6H10N4/c1-5-8-7-4-6(2,3)10-9-5/h4H,1-3H3. The predicted octanol–water partition coefficient (Wildman–Crippen LogP) is 1.64. The lowest BCUT2D eigenvalue weighted by Crippen LogP contribution is -2.16. The third-order valence-electron chi connectivity index (χ3n) is 1.03. The van der Waals surface area contributed by atoms with Crippen molar-refractivity contribution in [3.8, 4) is 0 Å². The predicted molar refractivity (Wildman–Crippen MR) is 40.5 cm³/mol. The number of azo groups is 1. The molecule has 4 heteroatoms. The zero-order valence-electron chi connectivity index (χ0n) is 6.37. The summed E-state index contributed by atoms with van der Waals surface area (Å²) in [6.45, 7) is 5.62. The second-order valence-electron chi connectivity index (χ2n) is 2.75. The van der Waals surface area contributed by atoms with Gasteiger partial charge in [-0.25, -0.2) is 0 Å². The molecule has 1 aliphatic rings. The summed E-state index contributed by atoms with van der Waals surface area (Å²) in [6.07, 6.45) is 1.67. The topological polar surface area (TPSA) is 49.4 Å². The Bertz CT molecular complexity index is 212. The molecule has 4 nitrogen and oxygen atoms in total. The zero-order valence-corrected chi connectivity index (χ0v) is 6.37. The third-order valence-corrected chi connectivity index (χ3v) is 1.03. The van der Waals surface area contributed by atoms with E-state index in [1.54, 1.807) is 13.1 Å². The lowest BCUT2D eigenvalue weighted by molar-refractivity contribution is 0.680. The largest absolute Gasteiger partial charge is 0.175 e. The Hall–Kier alpha value is -1.06. The first-order chi connectivity index (χ1) is 4.60. The van der Waals surface area contributed by atoms with Crippen molar-refractivity contribution < 1.29 is 0 Å². The fourth-order valence-corrected chi connectivity index (χ4v) is 0.501. The molecule has 1 aliphatic heterocycles. The van der Waals surface area contributed by atoms with E-state index in [2.05, 4.69) is 20.4 Å². The quantitative estimate of drug-likeness (QED) is 0.488. The minimum atomic E-state index is -0.304. The van der Waals surface area contributed by atoms with Crippen LogP contribution in [0, 0.1) is 0 Å². The van der Waals surface area contributed by atoms with E-state index in [-0.39, 0.29) is 5.54 Å². The Morgan fingerprint density at radius 2 is 2.10 bits per heavy atom. The van der Waals surface area contributed by atoms with E-state index in [0.717, 1.165) is 0 Å². The normalized spacial score (nSPS) is 22.1. The molecule has 0 saturated heterocycles. The second-order valence-corrected chi connectivity index (χ2v) is 2.75. The minimum absolute atomic E-state index is 0.304. The molecule has 0 aromatic carbocycles. The zero-order chi connectivity index (χ0) is 7.61. The maximum atomic E-state index is 3.98. The van der Waals surface area contributed by atoms with Crippen LogP contribution in [0.2, 0.25) is 0 Å². The number of rotatable bonds is 0. The Morgan fingerprint density at radius 3 is 2.80 bits per heavy atom. The summed E-state index contributed by atoms with van der Waals surface area (Å²) in [5.74, 6) is 0.599. The highest BCUT2D eigenvalue weighted by molar-refractivity contribution is 5.82. The highest BCUT2D eigenvalue weighted by Gasteiger charge is 2.14. The van der Waals surface area contributed by atoms with E-state index in [1.807, 2.05) is 13.8 Å². The van der Waals surface area contributed by atoms with Crippen LogP contribution in [-0.4, -0.2) is 17.6 Å². The highest BCUT2D eigenvalue weighted by Crippen LogP contribution is 2.08. The molecule has 0 aromatic heterocycles. The number of nitrogens with zero attached hydrogens (tertiary/aromatic N) is 4. The summed E-state index contributed by atoms with van der Waals surface area (Å²) in [7, 11) is 0. The first-order valence-corrected chi connectivity index (χ1v) is 3.12. The first kappa shape index (κ1) is 7.05. The SMILES string of the molecule is CC1=NN=CC(C)(C)N=N1. The van der Waals surface area contributed by atoms with Gasteiger partial charge >= 0.3 is 0 Å². The van der Waals surface area contributed by atoms with Gasteiger partial charge in [0.05, 0.1) is 6.21 Å². The highest BCUT2D eigenvalue weighted by atomic mass is 15.3. The summed E-state index contributed by atoms with van der Waals surface area (Å²) in [5, 5.41) is 15.3. The molecule has 0 unspecified atom stereocenters. The van der Waals surface area contributed by atoms with Crippen molar-refractivity contribution in [3.63, 3.8) is 0 Å². The summed E-state index contributed by atoms with van der Waals surface area (Å²) in [6, 6.07) is 0. The van der Waals surface area contributed by atoms with Crippen LogP contribution in [-0.2, 0) is 0 Å². The number of hydrogen-bond donors (Lipinski definition) is 0. The average molecular weight is 138 g/mol. The Morgan fingerprint density at radius 1 is 1.40 bits per heavy atom. The molecule has 0 saturated carbocycles. The first-order valence-electron chi connectivity index (χ1n) is 3.12. The van der Waals surface area contributed by atoms with Crippen LogP contribution in [0.5, 0.6) is 0 Å². The van der Waals surface area contributed by atoms with Crippen LogP contribution >= 0.6 is 0 Å². The summed E-state index contributed by atoms with van der Waals surface area (Å²) >= 11 is 0. The molecule has 0 atom stereocenters. The van der Waals surface area contributed by atoms with Crippen molar-refractivity contribution in [2.75, 3.05) is 0 Å². The number of amidine groups is 1. The van der Waals surface area contributed by atoms with Gasteiger partial charge in [-0.2, -0.15) is 10.2 Å². The van der Waals surface area contributed by atoms with E-state index in [1.165, 1.54) is 0 Å². The lowest BCUT2D eigenvalue weighted by atomic mass is 10.1. The molecule has 0 radical (unpaired) electrons. The van der Waals surface area contributed by atoms with Crippen molar-refractivity contribution in [2.45, 2.75) is 26.3 Å². The van der Waals surface area contributed by atoms with Crippen LogP contribution < -0.4 is 0 Å². The van der Waals surface area contributed by atoms with Gasteiger partial charge in [-0.05, 0) is 20.8 Å². The second kappa shape index (κ2) is 2.28. The maximum Gasteiger partial charge on any atom is 0.169 e. The van der Waals surface area contributed by atoms with Gasteiger partial charge in [-0.1, -0.05) is 0 Å². The molecule has 0 spiro atoms. The van der Waals surface area contributed by atoms with Crippen LogP contribution in [0.15, 0.2) is 20.4 Å². The van der Waals surface area contributed by atoms with E-state index in [0.29, 0.717) is 5.84 Å². The van der Waals surface area contributed by atoms with Crippen molar-refractivity contribution in [1.29, 1.82) is 0 Å². The van der Waals surface area contributed by atoms with Gasteiger partial charge in [0.2, 0.25) is 0 Å². The molecule has 0 bridgehead atoms. The summed E-state index contributed by atoms with van der Waals surface area (Å²) in [4.78, 5) is 0. The van der Waals surface area contributed by atoms with E-state index in [9.17, 15) is 0 Å². The fourth-order valence-electron chi connectivity index (χ4n) is 0.501. The van der Waals surface area contributed by atoms with Gasteiger partial charge in [0, 0.05) is 0 Å². The average Bonchev–Trinajstić information content (AvgIpc) is 1.94.